The molecule has 0 unspecified atom stereocenters. The van der Waals surface area contributed by atoms with Crippen LogP contribution in [0.3, 0.4) is 0 Å². The van der Waals surface area contributed by atoms with Crippen molar-refractivity contribution in [1.29, 1.82) is 0 Å². The van der Waals surface area contributed by atoms with E-state index in [1.165, 1.54) is 19.2 Å². The van der Waals surface area contributed by atoms with Crippen molar-refractivity contribution in [2.45, 2.75) is 0 Å². The second-order valence-electron chi connectivity index (χ2n) is 4.19. The van der Waals surface area contributed by atoms with Crippen molar-refractivity contribution in [1.82, 2.24) is 15.0 Å². The van der Waals surface area contributed by atoms with E-state index in [-0.39, 0.29) is 17.6 Å². The summed E-state index contributed by atoms with van der Waals surface area (Å²) in [5, 5.41) is 2.87. The smallest absolute Gasteiger partial charge is 0.233 e. The van der Waals surface area contributed by atoms with Crippen LogP contribution in [0.4, 0.5) is 27.9 Å². The predicted molar refractivity (Wildman–Crippen MR) is 74.8 cm³/mol. The highest BCUT2D eigenvalue weighted by molar-refractivity contribution is 5.56. The van der Waals surface area contributed by atoms with E-state index >= 15 is 0 Å². The lowest BCUT2D eigenvalue weighted by Gasteiger charge is -2.12. The largest absolute Gasteiger partial charge is 0.494 e. The molecular weight excluding hydrogens is 263 g/mol. The fourth-order valence-corrected chi connectivity index (χ4v) is 1.51. The van der Waals surface area contributed by atoms with E-state index in [9.17, 15) is 4.39 Å². The van der Waals surface area contributed by atoms with Gasteiger partial charge in [0.05, 0.1) is 7.11 Å². The lowest BCUT2D eigenvalue weighted by Crippen LogP contribution is -2.15. The molecule has 0 saturated heterocycles. The van der Waals surface area contributed by atoms with E-state index in [0.717, 1.165) is 0 Å². The highest BCUT2D eigenvalue weighted by atomic mass is 19.1. The molecule has 0 fully saturated rings. The normalized spacial score (nSPS) is 10.2. The molecule has 8 heteroatoms. The molecule has 0 saturated carbocycles. The van der Waals surface area contributed by atoms with Gasteiger partial charge >= 0.3 is 0 Å². The highest BCUT2D eigenvalue weighted by Gasteiger charge is 2.08. The minimum atomic E-state index is -0.479. The molecule has 0 atom stereocenters. The fourth-order valence-electron chi connectivity index (χ4n) is 1.51. The summed E-state index contributed by atoms with van der Waals surface area (Å²) in [5.74, 6) is 0.423. The van der Waals surface area contributed by atoms with E-state index < -0.39 is 5.82 Å². The maximum absolute atomic E-state index is 13.6. The Bertz CT molecular complexity index is 619. The third-order valence-electron chi connectivity index (χ3n) is 2.45. The third kappa shape index (κ3) is 3.02. The molecule has 0 aliphatic carbocycles. The second kappa shape index (κ2) is 5.55. The number of nitrogens with two attached hydrogens (primary N) is 1. The minimum absolute atomic E-state index is 0.0835. The highest BCUT2D eigenvalue weighted by Crippen LogP contribution is 2.22. The summed E-state index contributed by atoms with van der Waals surface area (Å²) in [5.41, 5.74) is 6.09. The summed E-state index contributed by atoms with van der Waals surface area (Å²) in [6.45, 7) is 0. The van der Waals surface area contributed by atoms with Crippen LogP contribution < -0.4 is 20.7 Å². The summed E-state index contributed by atoms with van der Waals surface area (Å²) in [6, 6.07) is 4.44. The van der Waals surface area contributed by atoms with Gasteiger partial charge in [-0.15, -0.1) is 0 Å². The van der Waals surface area contributed by atoms with Crippen LogP contribution in [0, 0.1) is 5.82 Å². The number of anilines is 4. The van der Waals surface area contributed by atoms with E-state index in [1.54, 1.807) is 25.1 Å². The molecule has 20 heavy (non-hydrogen) atoms. The molecule has 0 radical (unpaired) electrons. The number of ether oxygens (including phenoxy) is 1. The number of aromatic nitrogens is 3. The Balaban J connectivity index is 2.27. The molecule has 0 bridgehead atoms. The van der Waals surface area contributed by atoms with Crippen LogP contribution in [0.1, 0.15) is 0 Å². The van der Waals surface area contributed by atoms with Crippen LogP contribution in [0.2, 0.25) is 0 Å². The number of nitrogens with zero attached hydrogens (tertiary/aromatic N) is 4. The molecule has 3 N–H and O–H groups in total. The average molecular weight is 278 g/mol. The van der Waals surface area contributed by atoms with Crippen LogP contribution in [0.15, 0.2) is 18.2 Å². The van der Waals surface area contributed by atoms with Crippen molar-refractivity contribution in [3.05, 3.63) is 24.0 Å². The van der Waals surface area contributed by atoms with Gasteiger partial charge in [0.15, 0.2) is 11.6 Å². The van der Waals surface area contributed by atoms with E-state index in [2.05, 4.69) is 20.3 Å². The number of hydrogen-bond acceptors (Lipinski definition) is 7. The molecule has 0 aliphatic heterocycles. The Morgan fingerprint density at radius 3 is 2.60 bits per heavy atom. The van der Waals surface area contributed by atoms with Gasteiger partial charge < -0.3 is 20.7 Å². The first-order valence-corrected chi connectivity index (χ1v) is 5.79. The van der Waals surface area contributed by atoms with Crippen LogP contribution in [-0.2, 0) is 0 Å². The van der Waals surface area contributed by atoms with Gasteiger partial charge in [0.2, 0.25) is 17.8 Å². The van der Waals surface area contributed by atoms with Gasteiger partial charge in [-0.2, -0.15) is 15.0 Å². The van der Waals surface area contributed by atoms with Crippen LogP contribution in [0.25, 0.3) is 0 Å². The van der Waals surface area contributed by atoms with Gasteiger partial charge in [-0.3, -0.25) is 0 Å². The van der Waals surface area contributed by atoms with E-state index in [1.807, 2.05) is 0 Å². The number of hydrogen-bond donors (Lipinski definition) is 2. The van der Waals surface area contributed by atoms with Crippen molar-refractivity contribution in [2.24, 2.45) is 0 Å². The second-order valence-corrected chi connectivity index (χ2v) is 4.19. The van der Waals surface area contributed by atoms with Gasteiger partial charge in [0, 0.05) is 25.8 Å². The summed E-state index contributed by atoms with van der Waals surface area (Å²) >= 11 is 0. The zero-order valence-corrected chi connectivity index (χ0v) is 11.4. The molecule has 0 spiro atoms. The molecule has 106 valence electrons. The molecule has 7 nitrogen and oxygen atoms in total. The Kier molecular flexibility index (Phi) is 3.83. The zero-order valence-electron chi connectivity index (χ0n) is 11.4. The van der Waals surface area contributed by atoms with Crippen LogP contribution in [-0.4, -0.2) is 36.2 Å². The van der Waals surface area contributed by atoms with Gasteiger partial charge in [-0.05, 0) is 12.1 Å². The van der Waals surface area contributed by atoms with Gasteiger partial charge in [0.25, 0.3) is 0 Å². The standard InChI is InChI=1S/C12H15FN6O/c1-19(2)12-17-10(14)16-11(18-12)15-7-4-5-9(20-3)8(13)6-7/h4-6H,1-3H3,(H3,14,15,16,17,18). The lowest BCUT2D eigenvalue weighted by atomic mass is 10.3. The number of nitrogen functional groups attached to an aromatic ring is 1. The number of rotatable bonds is 4. The topological polar surface area (TPSA) is 89.2 Å². The Morgan fingerprint density at radius 2 is 2.00 bits per heavy atom. The summed E-state index contributed by atoms with van der Waals surface area (Å²) in [4.78, 5) is 13.8. The summed E-state index contributed by atoms with van der Waals surface area (Å²) in [7, 11) is 4.97. The number of benzene rings is 1. The Morgan fingerprint density at radius 1 is 1.25 bits per heavy atom. The number of halogens is 1. The lowest BCUT2D eigenvalue weighted by molar-refractivity contribution is 0.386. The fraction of sp³-hybridized carbons (Fsp3) is 0.250. The Hall–Kier alpha value is -2.64. The monoisotopic (exact) mass is 278 g/mol. The third-order valence-corrected chi connectivity index (χ3v) is 2.45. The first-order valence-electron chi connectivity index (χ1n) is 5.79. The molecule has 1 aromatic heterocycles. The number of methoxy groups -OCH3 is 1. The maximum atomic E-state index is 13.6. The summed E-state index contributed by atoms with van der Waals surface area (Å²) < 4.78 is 18.4. The van der Waals surface area contributed by atoms with Crippen molar-refractivity contribution in [3.63, 3.8) is 0 Å². The first-order chi connectivity index (χ1) is 9.49. The van der Waals surface area contributed by atoms with Gasteiger partial charge in [-0.1, -0.05) is 0 Å². The van der Waals surface area contributed by atoms with Crippen LogP contribution >= 0.6 is 0 Å². The zero-order chi connectivity index (χ0) is 14.7. The Labute approximate surface area is 115 Å². The molecule has 2 aromatic rings. The molecule has 0 aliphatic rings. The quantitative estimate of drug-likeness (QED) is 0.874. The number of nitrogens with one attached hydrogen (secondary N) is 1. The average Bonchev–Trinajstić information content (AvgIpc) is 2.38. The molecule has 1 aromatic carbocycles. The first kappa shape index (κ1) is 13.8. The summed E-state index contributed by atoms with van der Waals surface area (Å²) in [6.07, 6.45) is 0. The van der Waals surface area contributed by atoms with Gasteiger partial charge in [-0.25, -0.2) is 4.39 Å². The molecular formula is C12H15FN6O. The molecule has 1 heterocycles. The van der Waals surface area contributed by atoms with Crippen molar-refractivity contribution < 1.29 is 9.13 Å². The SMILES string of the molecule is COc1ccc(Nc2nc(N)nc(N(C)C)n2)cc1F. The van der Waals surface area contributed by atoms with Crippen molar-refractivity contribution >= 4 is 23.5 Å². The minimum Gasteiger partial charge on any atom is -0.494 e. The maximum Gasteiger partial charge on any atom is 0.233 e. The van der Waals surface area contributed by atoms with E-state index in [0.29, 0.717) is 11.6 Å². The van der Waals surface area contributed by atoms with Crippen molar-refractivity contribution in [2.75, 3.05) is 37.2 Å². The van der Waals surface area contributed by atoms with Crippen LogP contribution in [0.5, 0.6) is 5.75 Å². The molecule has 0 amide bonds. The van der Waals surface area contributed by atoms with Gasteiger partial charge in [0.1, 0.15) is 0 Å². The van der Waals surface area contributed by atoms with Crippen molar-refractivity contribution in [3.8, 4) is 5.75 Å². The van der Waals surface area contributed by atoms with E-state index in [4.69, 9.17) is 10.5 Å². The molecule has 2 rings (SSSR count). The predicted octanol–water partition coefficient (Wildman–Crippen LogP) is 1.41.